The van der Waals surface area contributed by atoms with Crippen LogP contribution in [0.5, 0.6) is 5.75 Å². The van der Waals surface area contributed by atoms with E-state index in [4.69, 9.17) is 16.3 Å². The molecule has 20 heavy (non-hydrogen) atoms. The van der Waals surface area contributed by atoms with Crippen molar-refractivity contribution < 1.29 is 4.74 Å². The zero-order valence-corrected chi connectivity index (χ0v) is 12.9. The van der Waals surface area contributed by atoms with Gasteiger partial charge in [-0.05, 0) is 55.7 Å². The van der Waals surface area contributed by atoms with Gasteiger partial charge in [-0.25, -0.2) is 0 Å². The highest BCUT2D eigenvalue weighted by Gasteiger charge is 2.03. The molecule has 0 aliphatic rings. The van der Waals surface area contributed by atoms with Crippen LogP contribution in [-0.4, -0.2) is 6.61 Å². The quantitative estimate of drug-likeness (QED) is 0.839. The van der Waals surface area contributed by atoms with E-state index in [9.17, 15) is 0 Å². The van der Waals surface area contributed by atoms with Gasteiger partial charge >= 0.3 is 0 Å². The summed E-state index contributed by atoms with van der Waals surface area (Å²) in [7, 11) is 0. The SMILES string of the molecule is CCOc1ccc(CNc2cc(C)ccc2C)cc1Cl. The van der Waals surface area contributed by atoms with Gasteiger partial charge in [0.05, 0.1) is 11.6 Å². The molecule has 0 saturated heterocycles. The minimum absolute atomic E-state index is 0.625. The Morgan fingerprint density at radius 1 is 1.10 bits per heavy atom. The fourth-order valence-corrected chi connectivity index (χ4v) is 2.31. The molecule has 0 aliphatic carbocycles. The lowest BCUT2D eigenvalue weighted by atomic mass is 10.1. The van der Waals surface area contributed by atoms with E-state index in [1.165, 1.54) is 11.1 Å². The zero-order valence-electron chi connectivity index (χ0n) is 12.2. The van der Waals surface area contributed by atoms with Gasteiger partial charge in [-0.3, -0.25) is 0 Å². The molecule has 0 saturated carbocycles. The Balaban J connectivity index is 2.07. The summed E-state index contributed by atoms with van der Waals surface area (Å²) in [4.78, 5) is 0. The van der Waals surface area contributed by atoms with Gasteiger partial charge < -0.3 is 10.1 Å². The Morgan fingerprint density at radius 2 is 1.90 bits per heavy atom. The lowest BCUT2D eigenvalue weighted by Crippen LogP contribution is -2.02. The highest BCUT2D eigenvalue weighted by Crippen LogP contribution is 2.26. The van der Waals surface area contributed by atoms with Crippen LogP contribution in [0.15, 0.2) is 36.4 Å². The van der Waals surface area contributed by atoms with Crippen molar-refractivity contribution in [1.82, 2.24) is 0 Å². The summed E-state index contributed by atoms with van der Waals surface area (Å²) in [6, 6.07) is 12.3. The summed E-state index contributed by atoms with van der Waals surface area (Å²) in [6.45, 7) is 7.52. The number of halogens is 1. The van der Waals surface area contributed by atoms with E-state index in [0.29, 0.717) is 11.6 Å². The molecule has 0 aromatic heterocycles. The third-order valence-electron chi connectivity index (χ3n) is 3.17. The smallest absolute Gasteiger partial charge is 0.137 e. The number of rotatable bonds is 5. The minimum atomic E-state index is 0.625. The third kappa shape index (κ3) is 3.67. The number of benzene rings is 2. The topological polar surface area (TPSA) is 21.3 Å². The maximum atomic E-state index is 6.19. The van der Waals surface area contributed by atoms with Crippen LogP contribution >= 0.6 is 11.6 Å². The molecular weight excluding hydrogens is 270 g/mol. The molecule has 0 atom stereocenters. The van der Waals surface area contributed by atoms with Gasteiger partial charge in [0.2, 0.25) is 0 Å². The van der Waals surface area contributed by atoms with Gasteiger partial charge in [-0.1, -0.05) is 29.8 Å². The number of ether oxygens (including phenoxy) is 1. The minimum Gasteiger partial charge on any atom is -0.492 e. The molecule has 1 N–H and O–H groups in total. The van der Waals surface area contributed by atoms with Crippen LogP contribution in [-0.2, 0) is 6.54 Å². The van der Waals surface area contributed by atoms with E-state index in [-0.39, 0.29) is 0 Å². The van der Waals surface area contributed by atoms with Crippen LogP contribution in [0.3, 0.4) is 0 Å². The normalized spacial score (nSPS) is 10.4. The van der Waals surface area contributed by atoms with Crippen molar-refractivity contribution in [3.8, 4) is 5.75 Å². The van der Waals surface area contributed by atoms with E-state index in [1.54, 1.807) is 0 Å². The van der Waals surface area contributed by atoms with E-state index in [1.807, 2.05) is 25.1 Å². The number of nitrogens with one attached hydrogen (secondary N) is 1. The number of hydrogen-bond acceptors (Lipinski definition) is 2. The van der Waals surface area contributed by atoms with Crippen LogP contribution < -0.4 is 10.1 Å². The molecule has 2 rings (SSSR count). The molecule has 0 fully saturated rings. The zero-order chi connectivity index (χ0) is 14.5. The van der Waals surface area contributed by atoms with E-state index < -0.39 is 0 Å². The maximum Gasteiger partial charge on any atom is 0.137 e. The lowest BCUT2D eigenvalue weighted by molar-refractivity contribution is 0.340. The van der Waals surface area contributed by atoms with Gasteiger partial charge in [0.1, 0.15) is 5.75 Å². The van der Waals surface area contributed by atoms with Crippen molar-refractivity contribution in [3.63, 3.8) is 0 Å². The molecule has 2 nitrogen and oxygen atoms in total. The first-order valence-electron chi connectivity index (χ1n) is 6.82. The van der Waals surface area contributed by atoms with Crippen molar-refractivity contribution in [2.75, 3.05) is 11.9 Å². The molecule has 3 heteroatoms. The Kier molecular flexibility index (Phi) is 4.91. The lowest BCUT2D eigenvalue weighted by Gasteiger charge is -2.12. The van der Waals surface area contributed by atoms with Crippen molar-refractivity contribution in [2.24, 2.45) is 0 Å². The molecule has 2 aromatic rings. The predicted molar refractivity (Wildman–Crippen MR) is 85.9 cm³/mol. The number of hydrogen-bond donors (Lipinski definition) is 1. The number of anilines is 1. The van der Waals surface area contributed by atoms with Crippen molar-refractivity contribution >= 4 is 17.3 Å². The van der Waals surface area contributed by atoms with Crippen LogP contribution in [0, 0.1) is 13.8 Å². The molecule has 0 spiro atoms. The Morgan fingerprint density at radius 3 is 2.60 bits per heavy atom. The van der Waals surface area contributed by atoms with E-state index in [0.717, 1.165) is 23.5 Å². The van der Waals surface area contributed by atoms with Crippen LogP contribution in [0.2, 0.25) is 5.02 Å². The molecule has 106 valence electrons. The first-order chi connectivity index (χ1) is 9.60. The Bertz CT molecular complexity index is 596. The van der Waals surface area contributed by atoms with Crippen LogP contribution in [0.25, 0.3) is 0 Å². The van der Waals surface area contributed by atoms with Gasteiger partial charge in [0.15, 0.2) is 0 Å². The molecule has 0 amide bonds. The van der Waals surface area contributed by atoms with Crippen molar-refractivity contribution in [2.45, 2.75) is 27.3 Å². The van der Waals surface area contributed by atoms with E-state index >= 15 is 0 Å². The van der Waals surface area contributed by atoms with Crippen molar-refractivity contribution in [3.05, 3.63) is 58.1 Å². The first-order valence-corrected chi connectivity index (χ1v) is 7.20. The third-order valence-corrected chi connectivity index (χ3v) is 3.47. The summed E-state index contributed by atoms with van der Waals surface area (Å²) in [5.41, 5.74) is 4.80. The largest absolute Gasteiger partial charge is 0.492 e. The molecule has 2 aromatic carbocycles. The van der Waals surface area contributed by atoms with Gasteiger partial charge in [0.25, 0.3) is 0 Å². The average Bonchev–Trinajstić information content (AvgIpc) is 2.43. The molecule has 0 unspecified atom stereocenters. The summed E-state index contributed by atoms with van der Waals surface area (Å²) in [6.07, 6.45) is 0. The number of aryl methyl sites for hydroxylation is 2. The highest BCUT2D eigenvalue weighted by atomic mass is 35.5. The molecule has 0 heterocycles. The summed E-state index contributed by atoms with van der Waals surface area (Å²) >= 11 is 6.19. The predicted octanol–water partition coefficient (Wildman–Crippen LogP) is 4.97. The standard InChI is InChI=1S/C17H20ClNO/c1-4-20-17-8-7-14(10-15(17)18)11-19-16-9-12(2)5-6-13(16)3/h5-10,19H,4,11H2,1-3H3. The Labute approximate surface area is 125 Å². The molecule has 0 aliphatic heterocycles. The van der Waals surface area contributed by atoms with E-state index in [2.05, 4.69) is 37.4 Å². The monoisotopic (exact) mass is 289 g/mol. The molecule has 0 bridgehead atoms. The van der Waals surface area contributed by atoms with Gasteiger partial charge in [-0.2, -0.15) is 0 Å². The second kappa shape index (κ2) is 6.67. The summed E-state index contributed by atoms with van der Waals surface area (Å²) < 4.78 is 5.44. The van der Waals surface area contributed by atoms with Gasteiger partial charge in [0, 0.05) is 12.2 Å². The highest BCUT2D eigenvalue weighted by molar-refractivity contribution is 6.32. The van der Waals surface area contributed by atoms with Crippen molar-refractivity contribution in [1.29, 1.82) is 0 Å². The second-order valence-electron chi connectivity index (χ2n) is 4.87. The summed E-state index contributed by atoms with van der Waals surface area (Å²) in [5, 5.41) is 4.11. The molecular formula is C17H20ClNO. The first kappa shape index (κ1) is 14.7. The second-order valence-corrected chi connectivity index (χ2v) is 5.28. The van der Waals surface area contributed by atoms with Crippen LogP contribution in [0.1, 0.15) is 23.6 Å². The maximum absolute atomic E-state index is 6.19. The van der Waals surface area contributed by atoms with Crippen LogP contribution in [0.4, 0.5) is 5.69 Å². The Hall–Kier alpha value is -1.67. The van der Waals surface area contributed by atoms with Gasteiger partial charge in [-0.15, -0.1) is 0 Å². The average molecular weight is 290 g/mol. The fraction of sp³-hybridized carbons (Fsp3) is 0.294. The summed E-state index contributed by atoms with van der Waals surface area (Å²) in [5.74, 6) is 0.740. The fourth-order valence-electron chi connectivity index (χ4n) is 2.05. The molecule has 0 radical (unpaired) electrons.